The first-order valence-corrected chi connectivity index (χ1v) is 11.2. The number of carbonyl (C=O) groups excluding carboxylic acids is 2. The molecule has 0 fully saturated rings. The Labute approximate surface area is 190 Å². The summed E-state index contributed by atoms with van der Waals surface area (Å²) in [6.45, 7) is 7.71. The molecule has 0 atom stereocenters. The molecule has 0 aliphatic carbocycles. The first-order chi connectivity index (χ1) is 15.5. The monoisotopic (exact) mass is 440 g/mol. The molecule has 0 heterocycles. The molecule has 0 saturated heterocycles. The molecule has 0 N–H and O–H groups in total. The first kappa shape index (κ1) is 25.0. The van der Waals surface area contributed by atoms with Crippen LogP contribution < -0.4 is 0 Å². The van der Waals surface area contributed by atoms with Crippen LogP contribution in [0.15, 0.2) is 61.1 Å². The molecule has 0 amide bonds. The van der Waals surface area contributed by atoms with Crippen molar-refractivity contribution < 1.29 is 29.1 Å². The van der Waals surface area contributed by atoms with Crippen molar-refractivity contribution in [1.29, 1.82) is 0 Å². The number of unbranched alkanes of at least 4 members (excludes halogenated alkanes) is 4. The van der Waals surface area contributed by atoms with E-state index in [1.807, 2.05) is 24.3 Å². The van der Waals surface area contributed by atoms with Crippen LogP contribution in [0.5, 0.6) is 0 Å². The van der Waals surface area contributed by atoms with Crippen molar-refractivity contribution in [1.82, 2.24) is 0 Å². The molecule has 0 radical (unpaired) electrons. The lowest BCUT2D eigenvalue weighted by Gasteiger charge is -2.08. The molecule has 0 spiro atoms. The SMILES string of the molecule is C=C(OOC(=O)c1ccc(CCCCC)cc1)OOC(=O)c1ccc(CCCCC)cc1. The summed E-state index contributed by atoms with van der Waals surface area (Å²) in [5, 5.41) is 0. The fraction of sp³-hybridized carbons (Fsp3) is 0.385. The van der Waals surface area contributed by atoms with Crippen molar-refractivity contribution >= 4 is 11.9 Å². The lowest BCUT2D eigenvalue weighted by molar-refractivity contribution is -0.317. The van der Waals surface area contributed by atoms with E-state index in [9.17, 15) is 9.59 Å². The Hall–Kier alpha value is -3.28. The first-order valence-electron chi connectivity index (χ1n) is 11.2. The molecule has 0 bridgehead atoms. The van der Waals surface area contributed by atoms with Gasteiger partial charge in [-0.1, -0.05) is 63.8 Å². The maximum absolute atomic E-state index is 12.1. The number of hydrogen-bond donors (Lipinski definition) is 0. The number of carbonyl (C=O) groups is 2. The fourth-order valence-corrected chi connectivity index (χ4v) is 3.05. The van der Waals surface area contributed by atoms with Crippen molar-refractivity contribution in [3.63, 3.8) is 0 Å². The van der Waals surface area contributed by atoms with Gasteiger partial charge in [-0.15, -0.1) is 0 Å². The van der Waals surface area contributed by atoms with E-state index in [4.69, 9.17) is 0 Å². The summed E-state index contributed by atoms with van der Waals surface area (Å²) < 4.78 is 0. The maximum atomic E-state index is 12.1. The van der Waals surface area contributed by atoms with Crippen molar-refractivity contribution in [2.75, 3.05) is 0 Å². The van der Waals surface area contributed by atoms with E-state index in [-0.39, 0.29) is 0 Å². The lowest BCUT2D eigenvalue weighted by Crippen LogP contribution is -2.10. The number of benzene rings is 2. The number of rotatable bonds is 14. The second-order valence-electron chi connectivity index (χ2n) is 7.59. The molecule has 0 aliphatic heterocycles. The Bertz CT molecular complexity index is 783. The minimum atomic E-state index is -0.708. The van der Waals surface area contributed by atoms with Crippen LogP contribution in [0.2, 0.25) is 0 Å². The molecular weight excluding hydrogens is 408 g/mol. The highest BCUT2D eigenvalue weighted by Gasteiger charge is 2.14. The van der Waals surface area contributed by atoms with E-state index < -0.39 is 17.9 Å². The summed E-state index contributed by atoms with van der Waals surface area (Å²) in [6.07, 6.45) is 8.84. The highest BCUT2D eigenvalue weighted by Crippen LogP contribution is 2.13. The predicted octanol–water partition coefficient (Wildman–Crippen LogP) is 6.50. The van der Waals surface area contributed by atoms with E-state index in [1.165, 1.54) is 12.8 Å². The minimum Gasteiger partial charge on any atom is -0.243 e. The van der Waals surface area contributed by atoms with E-state index in [0.717, 1.165) is 49.7 Å². The van der Waals surface area contributed by atoms with Gasteiger partial charge in [0.25, 0.3) is 0 Å². The third kappa shape index (κ3) is 8.84. The molecule has 2 aromatic carbocycles. The van der Waals surface area contributed by atoms with E-state index in [2.05, 4.69) is 40.0 Å². The van der Waals surface area contributed by atoms with Crippen LogP contribution >= 0.6 is 0 Å². The van der Waals surface area contributed by atoms with Gasteiger partial charge in [-0.05, 0) is 67.7 Å². The van der Waals surface area contributed by atoms with Crippen molar-refractivity contribution in [2.24, 2.45) is 0 Å². The van der Waals surface area contributed by atoms with Crippen LogP contribution in [0.4, 0.5) is 0 Å². The molecule has 0 unspecified atom stereocenters. The molecular formula is C26H32O6. The molecule has 6 heteroatoms. The average molecular weight is 441 g/mol. The van der Waals surface area contributed by atoms with Gasteiger partial charge in [0.05, 0.1) is 11.1 Å². The number of hydrogen-bond acceptors (Lipinski definition) is 6. The Balaban J connectivity index is 1.71. The van der Waals surface area contributed by atoms with Crippen LogP contribution in [0.3, 0.4) is 0 Å². The highest BCUT2D eigenvalue weighted by atomic mass is 17.3. The van der Waals surface area contributed by atoms with Crippen LogP contribution in [-0.4, -0.2) is 11.9 Å². The molecule has 2 aromatic rings. The second kappa shape index (κ2) is 13.9. The van der Waals surface area contributed by atoms with Crippen molar-refractivity contribution in [3.8, 4) is 0 Å². The molecule has 6 nitrogen and oxygen atoms in total. The molecule has 0 aliphatic rings. The van der Waals surface area contributed by atoms with E-state index in [0.29, 0.717) is 11.1 Å². The number of aryl methyl sites for hydroxylation is 2. The quantitative estimate of drug-likeness (QED) is 0.144. The second-order valence-corrected chi connectivity index (χ2v) is 7.59. The summed E-state index contributed by atoms with van der Waals surface area (Å²) in [4.78, 5) is 42.8. The Morgan fingerprint density at radius 2 is 1.00 bits per heavy atom. The zero-order valence-electron chi connectivity index (χ0n) is 18.9. The predicted molar refractivity (Wildman–Crippen MR) is 121 cm³/mol. The van der Waals surface area contributed by atoms with Gasteiger partial charge in [0.15, 0.2) is 0 Å². The topological polar surface area (TPSA) is 71.1 Å². The largest absolute Gasteiger partial charge is 0.386 e. The third-order valence-electron chi connectivity index (χ3n) is 4.94. The van der Waals surface area contributed by atoms with Gasteiger partial charge in [0.2, 0.25) is 0 Å². The maximum Gasteiger partial charge on any atom is 0.386 e. The zero-order valence-corrected chi connectivity index (χ0v) is 18.9. The summed E-state index contributed by atoms with van der Waals surface area (Å²) in [7, 11) is 0. The molecule has 0 saturated carbocycles. The van der Waals surface area contributed by atoms with E-state index >= 15 is 0 Å². The molecule has 2 rings (SSSR count). The van der Waals surface area contributed by atoms with Gasteiger partial charge in [-0.3, -0.25) is 0 Å². The van der Waals surface area contributed by atoms with Crippen LogP contribution in [-0.2, 0) is 32.4 Å². The summed E-state index contributed by atoms with van der Waals surface area (Å²) in [5.74, 6) is -1.89. The molecule has 0 aromatic heterocycles. The molecule has 32 heavy (non-hydrogen) atoms. The van der Waals surface area contributed by atoms with Gasteiger partial charge in [-0.25, -0.2) is 29.1 Å². The van der Waals surface area contributed by atoms with Gasteiger partial charge in [0, 0.05) is 0 Å². The minimum absolute atomic E-state index is 0.327. The van der Waals surface area contributed by atoms with Crippen molar-refractivity contribution in [2.45, 2.75) is 65.2 Å². The zero-order chi connectivity index (χ0) is 23.2. The summed E-state index contributed by atoms with van der Waals surface area (Å²) in [5.41, 5.74) is 2.97. The van der Waals surface area contributed by atoms with Gasteiger partial charge >= 0.3 is 17.9 Å². The Kier molecular flexibility index (Phi) is 10.9. The van der Waals surface area contributed by atoms with Crippen molar-refractivity contribution in [3.05, 3.63) is 83.3 Å². The van der Waals surface area contributed by atoms with Crippen LogP contribution in [0.1, 0.15) is 84.2 Å². The summed E-state index contributed by atoms with van der Waals surface area (Å²) >= 11 is 0. The smallest absolute Gasteiger partial charge is 0.243 e. The summed E-state index contributed by atoms with van der Waals surface area (Å²) in [6, 6.07) is 14.2. The van der Waals surface area contributed by atoms with Crippen LogP contribution in [0, 0.1) is 0 Å². The van der Waals surface area contributed by atoms with Gasteiger partial charge < -0.3 is 0 Å². The Morgan fingerprint density at radius 1 is 0.625 bits per heavy atom. The highest BCUT2D eigenvalue weighted by molar-refractivity contribution is 5.89. The third-order valence-corrected chi connectivity index (χ3v) is 4.94. The van der Waals surface area contributed by atoms with Crippen LogP contribution in [0.25, 0.3) is 0 Å². The van der Waals surface area contributed by atoms with Gasteiger partial charge in [-0.2, -0.15) is 0 Å². The molecule has 172 valence electrons. The van der Waals surface area contributed by atoms with Gasteiger partial charge in [0.1, 0.15) is 0 Å². The standard InChI is InChI=1S/C26H32O6/c1-4-6-8-10-21-12-16-23(17-13-21)25(27)31-29-20(3)30-32-26(28)24-18-14-22(15-19-24)11-9-7-5-2/h12-19H,3-11H2,1-2H3. The average Bonchev–Trinajstić information content (AvgIpc) is 2.82. The van der Waals surface area contributed by atoms with E-state index in [1.54, 1.807) is 24.3 Å². The normalized spacial score (nSPS) is 10.3. The lowest BCUT2D eigenvalue weighted by atomic mass is 10.1. The Morgan fingerprint density at radius 3 is 1.34 bits per heavy atom. The fourth-order valence-electron chi connectivity index (χ4n) is 3.05.